The van der Waals surface area contributed by atoms with E-state index in [1.165, 1.54) is 0 Å². The van der Waals surface area contributed by atoms with Gasteiger partial charge >= 0.3 is 11.9 Å². The van der Waals surface area contributed by atoms with E-state index in [0.29, 0.717) is 18.6 Å². The number of carboxylic acids is 1. The number of halogens is 1. The van der Waals surface area contributed by atoms with Crippen LogP contribution in [-0.4, -0.2) is 28.8 Å². The monoisotopic (exact) mass is 300 g/mol. The SMILES string of the molecule is CCOC(=O)CCc1cc(CCl)cc(C(O)C(=O)O)c1. The van der Waals surface area contributed by atoms with Gasteiger partial charge in [-0.05, 0) is 30.0 Å². The minimum Gasteiger partial charge on any atom is -0.479 e. The molecule has 0 radical (unpaired) electrons. The molecule has 1 rings (SSSR count). The van der Waals surface area contributed by atoms with Crippen molar-refractivity contribution in [1.82, 2.24) is 0 Å². The minimum atomic E-state index is -1.60. The van der Waals surface area contributed by atoms with Crippen LogP contribution >= 0.6 is 11.6 Å². The van der Waals surface area contributed by atoms with Crippen LogP contribution < -0.4 is 0 Å². The van der Waals surface area contributed by atoms with Crippen molar-refractivity contribution in [2.24, 2.45) is 0 Å². The van der Waals surface area contributed by atoms with Crippen LogP contribution in [0, 0.1) is 0 Å². The average Bonchev–Trinajstić information content (AvgIpc) is 2.44. The highest BCUT2D eigenvalue weighted by Gasteiger charge is 2.17. The highest BCUT2D eigenvalue weighted by molar-refractivity contribution is 6.17. The first-order valence-corrected chi connectivity index (χ1v) is 6.76. The predicted molar refractivity (Wildman–Crippen MR) is 73.5 cm³/mol. The van der Waals surface area contributed by atoms with Gasteiger partial charge in [-0.1, -0.05) is 18.2 Å². The van der Waals surface area contributed by atoms with Gasteiger partial charge in [0.1, 0.15) is 0 Å². The van der Waals surface area contributed by atoms with Gasteiger partial charge in [-0.15, -0.1) is 11.6 Å². The molecule has 1 aromatic carbocycles. The molecule has 6 heteroatoms. The Labute approximate surface area is 122 Å². The molecule has 0 amide bonds. The van der Waals surface area contributed by atoms with Crippen LogP contribution in [0.25, 0.3) is 0 Å². The third kappa shape index (κ3) is 4.83. The van der Waals surface area contributed by atoms with Crippen molar-refractivity contribution in [3.8, 4) is 0 Å². The number of ether oxygens (including phenoxy) is 1. The third-order valence-electron chi connectivity index (χ3n) is 2.70. The van der Waals surface area contributed by atoms with Crippen LogP contribution in [-0.2, 0) is 26.6 Å². The summed E-state index contributed by atoms with van der Waals surface area (Å²) in [4.78, 5) is 22.1. The zero-order valence-electron chi connectivity index (χ0n) is 11.1. The summed E-state index contributed by atoms with van der Waals surface area (Å²) in [6.07, 6.45) is -0.995. The number of aliphatic carboxylic acids is 1. The first kappa shape index (κ1) is 16.5. The molecule has 0 fully saturated rings. The third-order valence-corrected chi connectivity index (χ3v) is 3.01. The lowest BCUT2D eigenvalue weighted by atomic mass is 10.00. The van der Waals surface area contributed by atoms with Crippen LogP contribution in [0.1, 0.15) is 36.1 Å². The number of carbonyl (C=O) groups is 2. The number of aryl methyl sites for hydroxylation is 1. The zero-order valence-corrected chi connectivity index (χ0v) is 11.9. The summed E-state index contributed by atoms with van der Waals surface area (Å²) in [7, 11) is 0. The summed E-state index contributed by atoms with van der Waals surface area (Å²) < 4.78 is 4.83. The fraction of sp³-hybridized carbons (Fsp3) is 0.429. The van der Waals surface area contributed by atoms with Crippen molar-refractivity contribution >= 4 is 23.5 Å². The predicted octanol–water partition coefficient (Wildman–Crippen LogP) is 2.04. The summed E-state index contributed by atoms with van der Waals surface area (Å²) in [5, 5.41) is 18.4. The van der Waals surface area contributed by atoms with Gasteiger partial charge in [0.05, 0.1) is 6.61 Å². The Morgan fingerprint density at radius 1 is 1.30 bits per heavy atom. The second-order valence-electron chi connectivity index (χ2n) is 4.26. The van der Waals surface area contributed by atoms with E-state index in [1.807, 2.05) is 0 Å². The molecule has 0 saturated heterocycles. The largest absolute Gasteiger partial charge is 0.479 e. The molecule has 0 heterocycles. The number of benzene rings is 1. The van der Waals surface area contributed by atoms with E-state index in [9.17, 15) is 14.7 Å². The lowest BCUT2D eigenvalue weighted by Gasteiger charge is -2.11. The first-order chi connectivity index (χ1) is 9.47. The quantitative estimate of drug-likeness (QED) is 0.594. The zero-order chi connectivity index (χ0) is 15.1. The standard InChI is InChI=1S/C14H17ClO5/c1-2-20-12(16)4-3-9-5-10(8-15)7-11(6-9)13(17)14(18)19/h5-7,13,17H,2-4,8H2,1H3,(H,18,19). The number of aliphatic hydroxyl groups excluding tert-OH is 1. The molecular formula is C14H17ClO5. The van der Waals surface area contributed by atoms with Crippen LogP contribution in [0.2, 0.25) is 0 Å². The van der Waals surface area contributed by atoms with Crippen LogP contribution in [0.3, 0.4) is 0 Å². The van der Waals surface area contributed by atoms with Crippen molar-refractivity contribution in [2.75, 3.05) is 6.61 Å². The normalized spacial score (nSPS) is 11.9. The van der Waals surface area contributed by atoms with Crippen molar-refractivity contribution in [2.45, 2.75) is 31.7 Å². The van der Waals surface area contributed by atoms with E-state index in [0.717, 1.165) is 5.56 Å². The molecule has 110 valence electrons. The summed E-state index contributed by atoms with van der Waals surface area (Å²) in [6.45, 7) is 2.05. The van der Waals surface area contributed by atoms with Gasteiger partial charge in [0.25, 0.3) is 0 Å². The van der Waals surface area contributed by atoms with Crippen LogP contribution in [0.15, 0.2) is 18.2 Å². The van der Waals surface area contributed by atoms with Gasteiger partial charge in [0.2, 0.25) is 0 Å². The smallest absolute Gasteiger partial charge is 0.337 e. The molecule has 20 heavy (non-hydrogen) atoms. The minimum absolute atomic E-state index is 0.197. The van der Waals surface area contributed by atoms with Gasteiger partial charge in [-0.2, -0.15) is 0 Å². The Kier molecular flexibility index (Phi) is 6.48. The highest BCUT2D eigenvalue weighted by Crippen LogP contribution is 2.20. The second kappa shape index (κ2) is 7.87. The number of carboxylic acid groups (broad SMARTS) is 1. The van der Waals surface area contributed by atoms with Gasteiger partial charge < -0.3 is 14.9 Å². The molecule has 0 aliphatic rings. The fourth-order valence-electron chi connectivity index (χ4n) is 1.79. The molecule has 0 bridgehead atoms. The maximum absolute atomic E-state index is 11.3. The Morgan fingerprint density at radius 3 is 2.50 bits per heavy atom. The molecule has 0 aliphatic carbocycles. The molecular weight excluding hydrogens is 284 g/mol. The number of hydrogen-bond donors (Lipinski definition) is 2. The van der Waals surface area contributed by atoms with Gasteiger partial charge in [0, 0.05) is 12.3 Å². The lowest BCUT2D eigenvalue weighted by molar-refractivity contribution is -0.147. The summed E-state index contributed by atoms with van der Waals surface area (Å²) in [5.74, 6) is -1.44. The molecule has 0 aromatic heterocycles. The number of alkyl halides is 1. The maximum atomic E-state index is 11.3. The molecule has 1 unspecified atom stereocenters. The van der Waals surface area contributed by atoms with Crippen molar-refractivity contribution in [3.05, 3.63) is 34.9 Å². The van der Waals surface area contributed by atoms with Crippen LogP contribution in [0.4, 0.5) is 0 Å². The Balaban J connectivity index is 2.87. The molecule has 0 saturated carbocycles. The van der Waals surface area contributed by atoms with E-state index >= 15 is 0 Å². The van der Waals surface area contributed by atoms with Crippen molar-refractivity contribution in [3.63, 3.8) is 0 Å². The Morgan fingerprint density at radius 2 is 1.95 bits per heavy atom. The number of hydrogen-bond acceptors (Lipinski definition) is 4. The second-order valence-corrected chi connectivity index (χ2v) is 4.53. The lowest BCUT2D eigenvalue weighted by Crippen LogP contribution is -2.11. The van der Waals surface area contributed by atoms with Gasteiger partial charge in [0.15, 0.2) is 6.10 Å². The molecule has 1 atom stereocenters. The fourth-order valence-corrected chi connectivity index (χ4v) is 1.95. The molecule has 1 aromatic rings. The number of esters is 1. The van der Waals surface area contributed by atoms with Gasteiger partial charge in [-0.3, -0.25) is 4.79 Å². The highest BCUT2D eigenvalue weighted by atomic mass is 35.5. The summed E-state index contributed by atoms with van der Waals surface area (Å²) >= 11 is 5.75. The van der Waals surface area contributed by atoms with E-state index in [2.05, 4.69) is 0 Å². The van der Waals surface area contributed by atoms with Crippen molar-refractivity contribution in [1.29, 1.82) is 0 Å². The van der Waals surface area contributed by atoms with E-state index in [-0.39, 0.29) is 23.8 Å². The molecule has 0 spiro atoms. The Bertz CT molecular complexity index is 486. The van der Waals surface area contributed by atoms with Crippen LogP contribution in [0.5, 0.6) is 0 Å². The topological polar surface area (TPSA) is 83.8 Å². The Hall–Kier alpha value is -1.59. The summed E-state index contributed by atoms with van der Waals surface area (Å²) in [5.41, 5.74) is 1.70. The van der Waals surface area contributed by atoms with E-state index < -0.39 is 12.1 Å². The maximum Gasteiger partial charge on any atom is 0.337 e. The van der Waals surface area contributed by atoms with E-state index in [1.54, 1.807) is 25.1 Å². The number of aliphatic hydroxyl groups is 1. The van der Waals surface area contributed by atoms with Gasteiger partial charge in [-0.25, -0.2) is 4.79 Å². The summed E-state index contributed by atoms with van der Waals surface area (Å²) in [6, 6.07) is 4.89. The van der Waals surface area contributed by atoms with Crippen molar-refractivity contribution < 1.29 is 24.5 Å². The first-order valence-electron chi connectivity index (χ1n) is 6.23. The molecule has 5 nitrogen and oxygen atoms in total. The molecule has 2 N–H and O–H groups in total. The molecule has 0 aliphatic heterocycles. The number of carbonyl (C=O) groups excluding carboxylic acids is 1. The van der Waals surface area contributed by atoms with E-state index in [4.69, 9.17) is 21.4 Å². The average molecular weight is 301 g/mol. The number of rotatable bonds is 7.